The lowest BCUT2D eigenvalue weighted by atomic mass is 9.96. The number of aromatic nitrogens is 4. The van der Waals surface area contributed by atoms with Gasteiger partial charge in [0.05, 0.1) is 29.9 Å². The largest absolute Gasteiger partial charge is 0.507 e. The van der Waals surface area contributed by atoms with Crippen LogP contribution in [0, 0.1) is 0 Å². The number of ether oxygens (including phenoxy) is 1. The molecule has 2 aromatic heterocycles. The number of fused-ring (bicyclic) bond motifs is 2. The fraction of sp³-hybridized carbons (Fsp3) is 0.409. The smallest absolute Gasteiger partial charge is 0.151 e. The van der Waals surface area contributed by atoms with E-state index in [9.17, 15) is 5.11 Å². The molecule has 2 unspecified atom stereocenters. The number of phenols is 1. The molecule has 0 radical (unpaired) electrons. The van der Waals surface area contributed by atoms with E-state index in [1.807, 2.05) is 24.1 Å². The first-order chi connectivity index (χ1) is 15.0. The number of nitrogens with zero attached hydrogens (tertiary/aromatic N) is 5. The summed E-state index contributed by atoms with van der Waals surface area (Å²) in [5, 5.41) is 22.4. The zero-order valence-electron chi connectivity index (χ0n) is 17.4. The predicted molar refractivity (Wildman–Crippen MR) is 114 cm³/mol. The van der Waals surface area contributed by atoms with Crippen LogP contribution in [0.5, 0.6) is 5.75 Å². The lowest BCUT2D eigenvalue weighted by molar-refractivity contribution is 0.0877. The van der Waals surface area contributed by atoms with Crippen LogP contribution in [0.4, 0.5) is 10.2 Å². The van der Waals surface area contributed by atoms with E-state index in [4.69, 9.17) is 4.74 Å². The number of methoxy groups -OCH3 is 1. The average molecular weight is 424 g/mol. The van der Waals surface area contributed by atoms with Gasteiger partial charge in [0.15, 0.2) is 5.82 Å². The molecule has 1 aromatic carbocycles. The Bertz CT molecular complexity index is 1040. The minimum Gasteiger partial charge on any atom is -0.507 e. The van der Waals surface area contributed by atoms with Crippen LogP contribution in [0.25, 0.3) is 16.9 Å². The molecule has 2 fully saturated rings. The monoisotopic (exact) mass is 424 g/mol. The molecule has 5 atom stereocenters. The third kappa shape index (κ3) is 3.53. The maximum Gasteiger partial charge on any atom is 0.151 e. The third-order valence-corrected chi connectivity index (χ3v) is 6.48. The highest BCUT2D eigenvalue weighted by Crippen LogP contribution is 2.35. The van der Waals surface area contributed by atoms with Crippen LogP contribution in [-0.2, 0) is 4.74 Å². The van der Waals surface area contributed by atoms with Crippen molar-refractivity contribution in [3.8, 4) is 22.7 Å². The van der Waals surface area contributed by atoms with Crippen LogP contribution in [0.15, 0.2) is 49.1 Å². The third-order valence-electron chi connectivity index (χ3n) is 6.48. The van der Waals surface area contributed by atoms with Crippen molar-refractivity contribution >= 4 is 5.82 Å². The number of alkyl halides is 1. The fourth-order valence-electron chi connectivity index (χ4n) is 4.73. The molecule has 4 heterocycles. The molecular formula is C22H25FN6O2. The number of anilines is 1. The first-order valence-corrected chi connectivity index (χ1v) is 10.4. The molecule has 0 saturated carbocycles. The number of benzene rings is 1. The van der Waals surface area contributed by atoms with E-state index in [2.05, 4.69) is 20.5 Å². The van der Waals surface area contributed by atoms with E-state index in [0.717, 1.165) is 5.69 Å². The maximum atomic E-state index is 15.1. The summed E-state index contributed by atoms with van der Waals surface area (Å²) in [5.41, 5.74) is 1.93. The van der Waals surface area contributed by atoms with E-state index in [1.54, 1.807) is 48.6 Å². The minimum atomic E-state index is -1.01. The van der Waals surface area contributed by atoms with Crippen molar-refractivity contribution in [2.75, 3.05) is 19.1 Å². The molecule has 3 aromatic rings. The number of rotatable bonds is 5. The van der Waals surface area contributed by atoms with Crippen LogP contribution in [0.1, 0.15) is 12.8 Å². The number of phenolic OH excluding ortho intramolecular Hbond substituents is 1. The van der Waals surface area contributed by atoms with E-state index >= 15 is 4.39 Å². The van der Waals surface area contributed by atoms with E-state index in [1.165, 1.54) is 0 Å². The normalized spacial score (nSPS) is 27.4. The van der Waals surface area contributed by atoms with Crippen molar-refractivity contribution in [1.29, 1.82) is 0 Å². The maximum absolute atomic E-state index is 15.1. The van der Waals surface area contributed by atoms with Gasteiger partial charge in [-0.3, -0.25) is 0 Å². The van der Waals surface area contributed by atoms with Gasteiger partial charge < -0.3 is 24.6 Å². The van der Waals surface area contributed by atoms with Crippen molar-refractivity contribution in [2.24, 2.45) is 0 Å². The number of aromatic hydroxyl groups is 1. The lowest BCUT2D eigenvalue weighted by Gasteiger charge is -2.38. The second-order valence-electron chi connectivity index (χ2n) is 8.20. The summed E-state index contributed by atoms with van der Waals surface area (Å²) >= 11 is 0. The molecule has 2 aliphatic heterocycles. The molecule has 2 aliphatic rings. The Morgan fingerprint density at radius 2 is 2.06 bits per heavy atom. The van der Waals surface area contributed by atoms with E-state index < -0.39 is 6.17 Å². The van der Waals surface area contributed by atoms with Crippen LogP contribution in [0.3, 0.4) is 0 Å². The second kappa shape index (κ2) is 7.90. The molecule has 8 nitrogen and oxygen atoms in total. The summed E-state index contributed by atoms with van der Waals surface area (Å²) in [7, 11) is 3.53. The van der Waals surface area contributed by atoms with Crippen molar-refractivity contribution in [3.05, 3.63) is 49.1 Å². The molecule has 0 amide bonds. The molecule has 2 N–H and O–H groups in total. The van der Waals surface area contributed by atoms with Crippen molar-refractivity contribution in [3.63, 3.8) is 0 Å². The van der Waals surface area contributed by atoms with Crippen molar-refractivity contribution in [1.82, 2.24) is 25.1 Å². The molecular weight excluding hydrogens is 399 g/mol. The summed E-state index contributed by atoms with van der Waals surface area (Å²) < 4.78 is 22.4. The minimum absolute atomic E-state index is 0.0448. The second-order valence-corrected chi connectivity index (χ2v) is 8.20. The molecule has 2 saturated heterocycles. The average Bonchev–Trinajstić information content (AvgIpc) is 3.44. The van der Waals surface area contributed by atoms with Gasteiger partial charge in [0.2, 0.25) is 0 Å². The number of hydrogen-bond donors (Lipinski definition) is 2. The fourth-order valence-corrected chi connectivity index (χ4v) is 4.73. The van der Waals surface area contributed by atoms with Crippen LogP contribution in [-0.4, -0.2) is 69.4 Å². The lowest BCUT2D eigenvalue weighted by Crippen LogP contribution is -2.56. The summed E-state index contributed by atoms with van der Waals surface area (Å²) in [6.45, 7) is 0. The number of halogens is 1. The van der Waals surface area contributed by atoms with Gasteiger partial charge in [0.1, 0.15) is 11.9 Å². The van der Waals surface area contributed by atoms with Gasteiger partial charge >= 0.3 is 0 Å². The number of imidazole rings is 1. The SMILES string of the molecule is CO[C@@H]1CC2NC1C[C@@H](N(C)c1ccc(-c3ccc(-n4ccnc4)cc3O)nn1)[C@@H]2F. The van der Waals surface area contributed by atoms with Crippen LogP contribution < -0.4 is 10.2 Å². The summed E-state index contributed by atoms with van der Waals surface area (Å²) in [5.74, 6) is 0.701. The summed E-state index contributed by atoms with van der Waals surface area (Å²) in [4.78, 5) is 5.88. The zero-order chi connectivity index (χ0) is 21.5. The van der Waals surface area contributed by atoms with Crippen molar-refractivity contribution < 1.29 is 14.2 Å². The number of hydrogen-bond acceptors (Lipinski definition) is 7. The van der Waals surface area contributed by atoms with Gasteiger partial charge in [-0.05, 0) is 37.1 Å². The van der Waals surface area contributed by atoms with Gasteiger partial charge in [-0.25, -0.2) is 9.37 Å². The quantitative estimate of drug-likeness (QED) is 0.650. The van der Waals surface area contributed by atoms with Crippen LogP contribution in [0.2, 0.25) is 0 Å². The van der Waals surface area contributed by atoms with Gasteiger partial charge in [-0.1, -0.05) is 0 Å². The molecule has 0 aliphatic carbocycles. The first kappa shape index (κ1) is 19.9. The topological polar surface area (TPSA) is 88.3 Å². The Labute approximate surface area is 179 Å². The molecule has 9 heteroatoms. The Hall–Kier alpha value is -3.04. The Balaban J connectivity index is 1.34. The van der Waals surface area contributed by atoms with Crippen molar-refractivity contribution in [2.45, 2.75) is 43.2 Å². The number of piperidine rings is 1. The van der Waals surface area contributed by atoms with E-state index in [-0.39, 0.29) is 30.0 Å². The first-order valence-electron chi connectivity index (χ1n) is 10.4. The standard InChI is InChI=1S/C22H25FN6O2/c1-28(18-10-16-20(31-2)11-17(25-16)22(18)23)21-6-5-15(26-27-21)14-4-3-13(9-19(14)30)29-8-7-24-12-29/h3-9,12,16-18,20,22,25,30H,10-11H2,1-2H3/t16?,17?,18-,20-,22-/m1/s1. The van der Waals surface area contributed by atoms with Crippen LogP contribution >= 0.6 is 0 Å². The Morgan fingerprint density at radius 1 is 1.19 bits per heavy atom. The van der Waals surface area contributed by atoms with Gasteiger partial charge in [-0.2, -0.15) is 0 Å². The highest BCUT2D eigenvalue weighted by Gasteiger charge is 2.48. The Kier molecular flexibility index (Phi) is 5.07. The highest BCUT2D eigenvalue weighted by molar-refractivity contribution is 5.69. The summed E-state index contributed by atoms with van der Waals surface area (Å²) in [6, 6.07) is 8.60. The molecule has 5 rings (SSSR count). The van der Waals surface area contributed by atoms with Gasteiger partial charge in [0, 0.05) is 50.3 Å². The number of nitrogens with one attached hydrogen (secondary N) is 1. The Morgan fingerprint density at radius 3 is 2.74 bits per heavy atom. The zero-order valence-corrected chi connectivity index (χ0v) is 17.4. The summed E-state index contributed by atoms with van der Waals surface area (Å²) in [6.07, 6.45) is 5.51. The molecule has 0 spiro atoms. The molecule has 162 valence electrons. The highest BCUT2D eigenvalue weighted by atomic mass is 19.1. The predicted octanol–water partition coefficient (Wildman–Crippen LogP) is 2.33. The van der Waals surface area contributed by atoms with E-state index in [0.29, 0.717) is 29.9 Å². The van der Waals surface area contributed by atoms with Gasteiger partial charge in [-0.15, -0.1) is 10.2 Å². The van der Waals surface area contributed by atoms with Gasteiger partial charge in [0.25, 0.3) is 0 Å². The molecule has 2 bridgehead atoms. The molecule has 31 heavy (non-hydrogen) atoms.